The van der Waals surface area contributed by atoms with Crippen molar-refractivity contribution in [3.63, 3.8) is 0 Å². The third kappa shape index (κ3) is 7.28. The number of anilines is 1. The van der Waals surface area contributed by atoms with Crippen molar-refractivity contribution in [1.82, 2.24) is 9.78 Å². The number of carbonyl (C=O) groups excluding carboxylic acids is 1. The first-order valence-corrected chi connectivity index (χ1v) is 10.1. The molecule has 3 aromatic rings. The van der Waals surface area contributed by atoms with Gasteiger partial charge in [-0.3, -0.25) is 9.48 Å². The molecule has 0 aliphatic rings. The highest BCUT2D eigenvalue weighted by atomic mass is 19.4. The summed E-state index contributed by atoms with van der Waals surface area (Å²) in [4.78, 5) is 12.8. The summed E-state index contributed by atoms with van der Waals surface area (Å²) in [7, 11) is 3.25. The van der Waals surface area contributed by atoms with Crippen molar-refractivity contribution < 1.29 is 32.2 Å². The minimum absolute atomic E-state index is 0.0402. The van der Waals surface area contributed by atoms with Gasteiger partial charge in [0.15, 0.2) is 5.82 Å². The van der Waals surface area contributed by atoms with E-state index in [4.69, 9.17) is 9.47 Å². The Morgan fingerprint density at radius 3 is 2.62 bits per heavy atom. The van der Waals surface area contributed by atoms with Gasteiger partial charge >= 0.3 is 6.36 Å². The van der Waals surface area contributed by atoms with Gasteiger partial charge in [0.1, 0.15) is 17.6 Å². The molecule has 0 spiro atoms. The number of amides is 1. The maximum atomic E-state index is 12.8. The molecule has 178 valence electrons. The van der Waals surface area contributed by atoms with Crippen molar-refractivity contribution in [2.75, 3.05) is 19.0 Å². The van der Waals surface area contributed by atoms with Crippen LogP contribution >= 0.6 is 0 Å². The Hall–Kier alpha value is -3.97. The summed E-state index contributed by atoms with van der Waals surface area (Å²) in [6.45, 7) is 2.10. The number of hydrogen-bond donors (Lipinski definition) is 1. The fraction of sp³-hybridized carbons (Fsp3) is 0.250. The summed E-state index contributed by atoms with van der Waals surface area (Å²) in [5.41, 5.74) is 0.630. The summed E-state index contributed by atoms with van der Waals surface area (Å²) >= 11 is 0. The van der Waals surface area contributed by atoms with Gasteiger partial charge in [0.25, 0.3) is 5.91 Å². The van der Waals surface area contributed by atoms with Crippen LogP contribution in [-0.4, -0.2) is 41.9 Å². The Bertz CT molecular complexity index is 1210. The molecule has 3 rings (SSSR count). The Morgan fingerprint density at radius 1 is 1.18 bits per heavy atom. The number of aromatic nitrogens is 2. The average molecular weight is 473 g/mol. The van der Waals surface area contributed by atoms with E-state index in [2.05, 4.69) is 27.0 Å². The third-order valence-corrected chi connectivity index (χ3v) is 4.32. The van der Waals surface area contributed by atoms with Crippen LogP contribution in [0.3, 0.4) is 0 Å². The SMILES string of the molecule is COC[C@H](C)Oc1cc(C#Cc2ccccc2OC(F)(F)F)cc(C(=O)Nc2ccn(C)n2)c1. The van der Waals surface area contributed by atoms with E-state index in [-0.39, 0.29) is 17.2 Å². The number of nitrogens with one attached hydrogen (secondary N) is 1. The van der Waals surface area contributed by atoms with Crippen molar-refractivity contribution in [1.29, 1.82) is 0 Å². The number of halogens is 3. The third-order valence-electron chi connectivity index (χ3n) is 4.32. The van der Waals surface area contributed by atoms with E-state index in [1.165, 1.54) is 37.4 Å². The molecule has 0 fully saturated rings. The van der Waals surface area contributed by atoms with E-state index in [1.807, 2.05) is 0 Å². The lowest BCUT2D eigenvalue weighted by Crippen LogP contribution is -2.19. The number of hydrogen-bond acceptors (Lipinski definition) is 5. The van der Waals surface area contributed by atoms with Gasteiger partial charge in [0.05, 0.1) is 12.2 Å². The first-order chi connectivity index (χ1) is 16.1. The fourth-order valence-corrected chi connectivity index (χ4v) is 2.96. The zero-order valence-electron chi connectivity index (χ0n) is 18.6. The van der Waals surface area contributed by atoms with Crippen LogP contribution in [0.15, 0.2) is 54.7 Å². The number of methoxy groups -OCH3 is 1. The normalized spacial score (nSPS) is 11.8. The molecular formula is C24H22F3N3O4. The lowest BCUT2D eigenvalue weighted by Gasteiger charge is -2.15. The zero-order chi connectivity index (χ0) is 24.7. The van der Waals surface area contributed by atoms with Crippen molar-refractivity contribution >= 4 is 11.7 Å². The van der Waals surface area contributed by atoms with Crippen LogP contribution in [0.5, 0.6) is 11.5 Å². The van der Waals surface area contributed by atoms with Crippen LogP contribution in [0.4, 0.5) is 19.0 Å². The molecule has 1 heterocycles. The van der Waals surface area contributed by atoms with Crippen LogP contribution in [0, 0.1) is 11.8 Å². The Balaban J connectivity index is 1.94. The average Bonchev–Trinajstić information content (AvgIpc) is 3.16. The molecule has 0 bridgehead atoms. The molecule has 0 saturated carbocycles. The second-order valence-electron chi connectivity index (χ2n) is 7.25. The highest BCUT2D eigenvalue weighted by Gasteiger charge is 2.31. The Kier molecular flexibility index (Phi) is 7.81. The minimum Gasteiger partial charge on any atom is -0.488 e. The predicted molar refractivity (Wildman–Crippen MR) is 119 cm³/mol. The highest BCUT2D eigenvalue weighted by Crippen LogP contribution is 2.26. The van der Waals surface area contributed by atoms with Gasteiger partial charge in [0.2, 0.25) is 0 Å². The highest BCUT2D eigenvalue weighted by molar-refractivity contribution is 6.04. The number of rotatable bonds is 7. The first-order valence-electron chi connectivity index (χ1n) is 10.1. The monoisotopic (exact) mass is 473 g/mol. The van der Waals surface area contributed by atoms with E-state index in [9.17, 15) is 18.0 Å². The van der Waals surface area contributed by atoms with Crippen molar-refractivity contribution in [2.24, 2.45) is 7.05 Å². The second-order valence-corrected chi connectivity index (χ2v) is 7.25. The number of nitrogens with zero attached hydrogens (tertiary/aromatic N) is 2. The van der Waals surface area contributed by atoms with E-state index in [0.717, 1.165) is 0 Å². The lowest BCUT2D eigenvalue weighted by molar-refractivity contribution is -0.274. The van der Waals surface area contributed by atoms with E-state index >= 15 is 0 Å². The standard InChI is InChI=1S/C24H22F3N3O4/c1-16(15-32-3)33-20-13-17(8-9-18-6-4-5-7-21(18)34-24(25,26)27)12-19(14-20)23(31)28-22-10-11-30(2)29-22/h4-7,10-14,16H,15H2,1-3H3,(H,28,29,31)/t16-/m0/s1. The number of carbonyl (C=O) groups is 1. The second kappa shape index (κ2) is 10.8. The van der Waals surface area contributed by atoms with Crippen molar-refractivity contribution in [3.8, 4) is 23.3 Å². The molecule has 0 aliphatic carbocycles. The van der Waals surface area contributed by atoms with Crippen molar-refractivity contribution in [3.05, 3.63) is 71.4 Å². The van der Waals surface area contributed by atoms with Crippen molar-refractivity contribution in [2.45, 2.75) is 19.4 Å². The molecule has 0 saturated heterocycles. The molecule has 0 aliphatic heterocycles. The van der Waals surface area contributed by atoms with Gasteiger partial charge in [-0.15, -0.1) is 13.2 Å². The van der Waals surface area contributed by atoms with Crippen LogP contribution in [0.1, 0.15) is 28.4 Å². The molecule has 1 aromatic heterocycles. The quantitative estimate of drug-likeness (QED) is 0.516. The predicted octanol–water partition coefficient (Wildman–Crippen LogP) is 4.38. The number of benzene rings is 2. The molecule has 0 unspecified atom stereocenters. The smallest absolute Gasteiger partial charge is 0.488 e. The summed E-state index contributed by atoms with van der Waals surface area (Å²) in [5.74, 6) is 5.30. The zero-order valence-corrected chi connectivity index (χ0v) is 18.6. The topological polar surface area (TPSA) is 74.6 Å². The summed E-state index contributed by atoms with van der Waals surface area (Å²) in [5, 5.41) is 6.79. The molecule has 1 N–H and O–H groups in total. The van der Waals surface area contributed by atoms with Gasteiger partial charge in [-0.25, -0.2) is 0 Å². The molecule has 10 heteroatoms. The van der Waals surface area contributed by atoms with E-state index in [1.54, 1.807) is 43.0 Å². The van der Waals surface area contributed by atoms with Gasteiger partial charge in [0, 0.05) is 37.5 Å². The molecule has 1 amide bonds. The Labute approximate surface area is 194 Å². The van der Waals surface area contributed by atoms with Crippen LogP contribution in [0.25, 0.3) is 0 Å². The molecular weight excluding hydrogens is 451 g/mol. The van der Waals surface area contributed by atoms with Crippen LogP contribution < -0.4 is 14.8 Å². The maximum absolute atomic E-state index is 12.8. The van der Waals surface area contributed by atoms with Gasteiger partial charge in [-0.2, -0.15) is 5.10 Å². The van der Waals surface area contributed by atoms with E-state index < -0.39 is 18.0 Å². The van der Waals surface area contributed by atoms with Gasteiger partial charge in [-0.05, 0) is 37.3 Å². The number of aryl methyl sites for hydroxylation is 1. The van der Waals surface area contributed by atoms with Crippen LogP contribution in [0.2, 0.25) is 0 Å². The molecule has 2 aromatic carbocycles. The molecule has 7 nitrogen and oxygen atoms in total. The van der Waals surface area contributed by atoms with E-state index in [0.29, 0.717) is 23.7 Å². The largest absolute Gasteiger partial charge is 0.573 e. The number of para-hydroxylation sites is 1. The number of ether oxygens (including phenoxy) is 3. The summed E-state index contributed by atoms with van der Waals surface area (Å²) in [6.07, 6.45) is -3.49. The lowest BCUT2D eigenvalue weighted by atomic mass is 10.1. The first kappa shape index (κ1) is 24.7. The maximum Gasteiger partial charge on any atom is 0.573 e. The molecule has 34 heavy (non-hydrogen) atoms. The number of alkyl halides is 3. The van der Waals surface area contributed by atoms with Crippen LogP contribution in [-0.2, 0) is 11.8 Å². The Morgan fingerprint density at radius 2 is 1.94 bits per heavy atom. The molecule has 1 atom stereocenters. The molecule has 0 radical (unpaired) electrons. The minimum atomic E-state index is -4.85. The summed E-state index contributed by atoms with van der Waals surface area (Å²) < 4.78 is 54.6. The van der Waals surface area contributed by atoms with Gasteiger partial charge < -0.3 is 19.5 Å². The fourth-order valence-electron chi connectivity index (χ4n) is 2.96. The van der Waals surface area contributed by atoms with Gasteiger partial charge in [-0.1, -0.05) is 24.0 Å². The summed E-state index contributed by atoms with van der Waals surface area (Å²) in [6, 6.07) is 11.8.